The summed E-state index contributed by atoms with van der Waals surface area (Å²) >= 11 is 12.0. The highest BCUT2D eigenvalue weighted by molar-refractivity contribution is 6.35. The third-order valence-electron chi connectivity index (χ3n) is 2.74. The first-order valence-corrected chi connectivity index (χ1v) is 6.80. The summed E-state index contributed by atoms with van der Waals surface area (Å²) in [4.78, 5) is 18.3. The molecule has 2 rings (SSSR count). The third-order valence-corrected chi connectivity index (χ3v) is 3.27. The molecule has 0 bridgehead atoms. The molecule has 0 N–H and O–H groups in total. The van der Waals surface area contributed by atoms with Gasteiger partial charge in [-0.2, -0.15) is 0 Å². The number of aromatic nitrogens is 1. The highest BCUT2D eigenvalue weighted by Crippen LogP contribution is 2.27. The molecule has 4 nitrogen and oxygen atoms in total. The van der Waals surface area contributed by atoms with E-state index in [0.717, 1.165) is 5.39 Å². The van der Waals surface area contributed by atoms with Gasteiger partial charge in [0.2, 0.25) is 0 Å². The molecule has 0 saturated carbocycles. The monoisotopic (exact) mass is 312 g/mol. The maximum absolute atomic E-state index is 12.1. The van der Waals surface area contributed by atoms with Gasteiger partial charge in [-0.25, -0.2) is 4.79 Å². The molecule has 0 atom stereocenters. The fraction of sp³-hybridized carbons (Fsp3) is 0.286. The van der Waals surface area contributed by atoms with Crippen LogP contribution in [-0.4, -0.2) is 43.1 Å². The molecule has 20 heavy (non-hydrogen) atoms. The van der Waals surface area contributed by atoms with Gasteiger partial charge in [0.25, 0.3) is 0 Å². The van der Waals surface area contributed by atoms with Crippen molar-refractivity contribution in [3.63, 3.8) is 0 Å². The fourth-order valence-electron chi connectivity index (χ4n) is 1.74. The first kappa shape index (κ1) is 15.0. The predicted octanol–water partition coefficient (Wildman–Crippen LogP) is 3.26. The molecule has 2 aromatic rings. The molecule has 0 fully saturated rings. The van der Waals surface area contributed by atoms with Crippen LogP contribution in [0.25, 0.3) is 10.9 Å². The highest BCUT2D eigenvalue weighted by atomic mass is 35.5. The molecule has 0 aliphatic carbocycles. The van der Waals surface area contributed by atoms with Crippen molar-refractivity contribution in [2.75, 3.05) is 27.2 Å². The number of benzene rings is 1. The number of likely N-dealkylation sites (N-methyl/N-ethyl adjacent to an activating group) is 1. The second-order valence-electron chi connectivity index (χ2n) is 4.59. The van der Waals surface area contributed by atoms with Crippen LogP contribution in [0, 0.1) is 0 Å². The van der Waals surface area contributed by atoms with Crippen molar-refractivity contribution >= 4 is 40.1 Å². The molecule has 1 aromatic carbocycles. The smallest absolute Gasteiger partial charge is 0.341 e. The average Bonchev–Trinajstić information content (AvgIpc) is 2.38. The van der Waals surface area contributed by atoms with Gasteiger partial charge < -0.3 is 9.64 Å². The second kappa shape index (κ2) is 6.39. The Kier molecular flexibility index (Phi) is 4.81. The van der Waals surface area contributed by atoms with E-state index in [9.17, 15) is 4.79 Å². The maximum atomic E-state index is 12.1. The molecule has 1 aromatic heterocycles. The average molecular weight is 313 g/mol. The quantitative estimate of drug-likeness (QED) is 0.813. The molecule has 6 heteroatoms. The van der Waals surface area contributed by atoms with Crippen LogP contribution in [0.3, 0.4) is 0 Å². The Morgan fingerprint density at radius 2 is 2.10 bits per heavy atom. The summed E-state index contributed by atoms with van der Waals surface area (Å²) < 4.78 is 5.22. The molecule has 0 aliphatic rings. The van der Waals surface area contributed by atoms with Gasteiger partial charge >= 0.3 is 5.97 Å². The van der Waals surface area contributed by atoms with Crippen LogP contribution in [0.4, 0.5) is 0 Å². The Morgan fingerprint density at radius 3 is 2.80 bits per heavy atom. The summed E-state index contributed by atoms with van der Waals surface area (Å²) in [5.74, 6) is -0.475. The van der Waals surface area contributed by atoms with E-state index in [2.05, 4.69) is 4.98 Å². The Hall–Kier alpha value is -1.36. The number of hydrogen-bond donors (Lipinski definition) is 0. The minimum Gasteiger partial charge on any atom is -0.461 e. The number of rotatable bonds is 4. The molecule has 0 aliphatic heterocycles. The summed E-state index contributed by atoms with van der Waals surface area (Å²) in [5, 5.41) is 1.58. The van der Waals surface area contributed by atoms with E-state index in [1.165, 1.54) is 6.20 Å². The number of nitrogens with zero attached hydrogens (tertiary/aromatic N) is 2. The summed E-state index contributed by atoms with van der Waals surface area (Å²) in [6.07, 6.45) is 1.48. The van der Waals surface area contributed by atoms with Crippen molar-refractivity contribution in [1.82, 2.24) is 9.88 Å². The van der Waals surface area contributed by atoms with Gasteiger partial charge in [0.1, 0.15) is 12.2 Å². The van der Waals surface area contributed by atoms with Crippen LogP contribution in [0.15, 0.2) is 24.4 Å². The number of hydrogen-bond acceptors (Lipinski definition) is 4. The number of pyridine rings is 1. The SMILES string of the molecule is CN(C)CCOC(=O)c1c(Cl)ccc2cc(Cl)cnc12. The van der Waals surface area contributed by atoms with Crippen LogP contribution in [0.1, 0.15) is 10.4 Å². The van der Waals surface area contributed by atoms with Gasteiger partial charge in [0, 0.05) is 18.1 Å². The molecule has 1 heterocycles. The van der Waals surface area contributed by atoms with Crippen molar-refractivity contribution in [2.45, 2.75) is 0 Å². The van der Waals surface area contributed by atoms with Crippen molar-refractivity contribution in [3.05, 3.63) is 40.0 Å². The lowest BCUT2D eigenvalue weighted by Crippen LogP contribution is -2.20. The predicted molar refractivity (Wildman–Crippen MR) is 80.6 cm³/mol. The highest BCUT2D eigenvalue weighted by Gasteiger charge is 2.17. The molecular weight excluding hydrogens is 299 g/mol. The van der Waals surface area contributed by atoms with Gasteiger partial charge in [-0.1, -0.05) is 29.3 Å². The van der Waals surface area contributed by atoms with Crippen LogP contribution in [-0.2, 0) is 4.74 Å². The lowest BCUT2D eigenvalue weighted by molar-refractivity contribution is 0.0484. The maximum Gasteiger partial charge on any atom is 0.341 e. The number of fused-ring (bicyclic) bond motifs is 1. The van der Waals surface area contributed by atoms with Crippen molar-refractivity contribution in [2.24, 2.45) is 0 Å². The summed E-state index contributed by atoms with van der Waals surface area (Å²) in [6, 6.07) is 5.15. The Morgan fingerprint density at radius 1 is 1.35 bits per heavy atom. The van der Waals surface area contributed by atoms with Crippen LogP contribution < -0.4 is 0 Å². The van der Waals surface area contributed by atoms with E-state index >= 15 is 0 Å². The summed E-state index contributed by atoms with van der Waals surface area (Å²) in [6.45, 7) is 0.944. The van der Waals surface area contributed by atoms with Crippen molar-refractivity contribution in [3.8, 4) is 0 Å². The van der Waals surface area contributed by atoms with Gasteiger partial charge in [-0.15, -0.1) is 0 Å². The molecule has 0 radical (unpaired) electrons. The Labute approximate surface area is 127 Å². The van der Waals surface area contributed by atoms with Gasteiger partial charge in [-0.05, 0) is 26.2 Å². The standard InChI is InChI=1S/C14H14Cl2N2O2/c1-18(2)5-6-20-14(19)12-11(16)4-3-9-7-10(15)8-17-13(9)12/h3-4,7-8H,5-6H2,1-2H3. The minimum atomic E-state index is -0.475. The second-order valence-corrected chi connectivity index (χ2v) is 5.43. The van der Waals surface area contributed by atoms with Crippen LogP contribution in [0.5, 0.6) is 0 Å². The van der Waals surface area contributed by atoms with Crippen molar-refractivity contribution < 1.29 is 9.53 Å². The van der Waals surface area contributed by atoms with E-state index < -0.39 is 5.97 Å². The van der Waals surface area contributed by atoms with Crippen LogP contribution in [0.2, 0.25) is 10.0 Å². The lowest BCUT2D eigenvalue weighted by atomic mass is 10.1. The zero-order chi connectivity index (χ0) is 14.7. The van der Waals surface area contributed by atoms with E-state index in [4.69, 9.17) is 27.9 Å². The molecular formula is C14H14Cl2N2O2. The first-order valence-electron chi connectivity index (χ1n) is 6.04. The summed E-state index contributed by atoms with van der Waals surface area (Å²) in [5.41, 5.74) is 0.774. The van der Waals surface area contributed by atoms with E-state index in [-0.39, 0.29) is 5.56 Å². The van der Waals surface area contributed by atoms with E-state index in [0.29, 0.717) is 28.7 Å². The van der Waals surface area contributed by atoms with Gasteiger partial charge in [0.05, 0.1) is 15.6 Å². The largest absolute Gasteiger partial charge is 0.461 e. The van der Waals surface area contributed by atoms with Crippen molar-refractivity contribution in [1.29, 1.82) is 0 Å². The molecule has 0 unspecified atom stereocenters. The number of esters is 1. The first-order chi connectivity index (χ1) is 9.49. The van der Waals surface area contributed by atoms with E-state index in [1.54, 1.807) is 18.2 Å². The molecule has 0 spiro atoms. The Bertz CT molecular complexity index is 644. The zero-order valence-corrected chi connectivity index (χ0v) is 12.7. The summed E-state index contributed by atoms with van der Waals surface area (Å²) in [7, 11) is 3.81. The Balaban J connectivity index is 2.32. The van der Waals surface area contributed by atoms with Gasteiger partial charge in [0.15, 0.2) is 0 Å². The number of ether oxygens (including phenoxy) is 1. The van der Waals surface area contributed by atoms with Crippen LogP contribution >= 0.6 is 23.2 Å². The third kappa shape index (κ3) is 3.39. The normalized spacial score (nSPS) is 11.1. The minimum absolute atomic E-state index is 0.277. The lowest BCUT2D eigenvalue weighted by Gasteiger charge is -2.11. The van der Waals surface area contributed by atoms with Gasteiger partial charge in [-0.3, -0.25) is 4.98 Å². The topological polar surface area (TPSA) is 42.4 Å². The molecule has 0 saturated heterocycles. The molecule has 0 amide bonds. The fourth-order valence-corrected chi connectivity index (χ4v) is 2.13. The number of carbonyl (C=O) groups excluding carboxylic acids is 1. The number of halogens is 2. The zero-order valence-electron chi connectivity index (χ0n) is 11.2. The number of carbonyl (C=O) groups is 1. The van der Waals surface area contributed by atoms with E-state index in [1.807, 2.05) is 19.0 Å². The molecule has 106 valence electrons.